The fraction of sp³-hybridized carbons (Fsp3) is 0.182. The molecule has 0 radical (unpaired) electrons. The largest absolute Gasteiger partial charge is 0.497 e. The number of nitrogens with zero attached hydrogens (tertiary/aromatic N) is 1. The predicted octanol–water partition coefficient (Wildman–Crippen LogP) is 2.48. The van der Waals surface area contributed by atoms with E-state index in [0.717, 1.165) is 0 Å². The summed E-state index contributed by atoms with van der Waals surface area (Å²) in [6.07, 6.45) is 8.45. The van der Waals surface area contributed by atoms with E-state index in [1.54, 1.807) is 55.7 Å². The van der Waals surface area contributed by atoms with Crippen molar-refractivity contribution in [3.05, 3.63) is 59.7 Å². The van der Waals surface area contributed by atoms with E-state index in [-0.39, 0.29) is 18.4 Å². The number of nitrogens with one attached hydrogen (secondary N) is 1. The highest BCUT2D eigenvalue weighted by Crippen LogP contribution is 2.26. The molecule has 0 spiro atoms. The Labute approximate surface area is 164 Å². The van der Waals surface area contributed by atoms with Crippen LogP contribution < -0.4 is 19.7 Å². The number of anilines is 1. The minimum Gasteiger partial charge on any atom is -0.497 e. The summed E-state index contributed by atoms with van der Waals surface area (Å²) in [5, 5.41) is 2.52. The molecule has 1 N–H and O–H groups in total. The third-order valence-electron chi connectivity index (χ3n) is 4.02. The number of likely N-dealkylation sites (N-methyl/N-ethyl adjacent to an activating group) is 1. The van der Waals surface area contributed by atoms with Gasteiger partial charge in [0.05, 0.1) is 14.2 Å². The number of rotatable bonds is 7. The summed E-state index contributed by atoms with van der Waals surface area (Å²) in [6, 6.07) is 12.2. The average Bonchev–Trinajstić information content (AvgIpc) is 2.75. The van der Waals surface area contributed by atoms with Crippen molar-refractivity contribution in [1.82, 2.24) is 5.32 Å². The maximum Gasteiger partial charge on any atom is 0.251 e. The lowest BCUT2D eigenvalue weighted by molar-refractivity contribution is -0.121. The van der Waals surface area contributed by atoms with Gasteiger partial charge in [-0.15, -0.1) is 6.42 Å². The molecule has 0 aliphatic heterocycles. The molecule has 0 unspecified atom stereocenters. The second-order valence-corrected chi connectivity index (χ2v) is 5.73. The van der Waals surface area contributed by atoms with Crippen LogP contribution in [0.4, 0.5) is 5.69 Å². The van der Waals surface area contributed by atoms with Gasteiger partial charge >= 0.3 is 0 Å². The Balaban J connectivity index is 2.33. The van der Waals surface area contributed by atoms with E-state index < -0.39 is 0 Å². The summed E-state index contributed by atoms with van der Waals surface area (Å²) in [6.45, 7) is -0.132. The molecule has 0 aliphatic carbocycles. The fourth-order valence-corrected chi connectivity index (χ4v) is 2.49. The summed E-state index contributed by atoms with van der Waals surface area (Å²) in [4.78, 5) is 26.1. The molecule has 0 aromatic heterocycles. The third kappa shape index (κ3) is 5.15. The quantitative estimate of drug-likeness (QED) is 0.594. The van der Waals surface area contributed by atoms with E-state index in [0.29, 0.717) is 28.3 Å². The zero-order chi connectivity index (χ0) is 20.5. The molecule has 2 aromatic carbocycles. The monoisotopic (exact) mass is 378 g/mol. The number of benzene rings is 2. The molecule has 28 heavy (non-hydrogen) atoms. The van der Waals surface area contributed by atoms with Crippen LogP contribution in [0.2, 0.25) is 0 Å². The highest BCUT2D eigenvalue weighted by Gasteiger charge is 2.17. The fourth-order valence-electron chi connectivity index (χ4n) is 2.49. The Kier molecular flexibility index (Phi) is 7.23. The lowest BCUT2D eigenvalue weighted by Crippen LogP contribution is -2.39. The molecule has 2 aromatic rings. The molecule has 2 amide bonds. The molecular weight excluding hydrogens is 356 g/mol. The smallest absolute Gasteiger partial charge is 0.251 e. The van der Waals surface area contributed by atoms with Gasteiger partial charge in [-0.25, -0.2) is 0 Å². The first-order valence-corrected chi connectivity index (χ1v) is 8.51. The zero-order valence-electron chi connectivity index (χ0n) is 16.1. The lowest BCUT2D eigenvalue weighted by Gasteiger charge is -2.21. The second kappa shape index (κ2) is 9.83. The third-order valence-corrected chi connectivity index (χ3v) is 4.02. The molecule has 6 nitrogen and oxygen atoms in total. The van der Waals surface area contributed by atoms with Crippen LogP contribution in [0.25, 0.3) is 6.08 Å². The molecule has 2 rings (SSSR count). The summed E-state index contributed by atoms with van der Waals surface area (Å²) in [5.74, 6) is 3.08. The number of carbonyl (C=O) groups excluding carboxylic acids is 2. The normalized spacial score (nSPS) is 10.2. The van der Waals surface area contributed by atoms with E-state index in [1.165, 1.54) is 25.1 Å². The van der Waals surface area contributed by atoms with Crippen molar-refractivity contribution in [2.24, 2.45) is 0 Å². The Bertz CT molecular complexity index is 928. The van der Waals surface area contributed by atoms with Gasteiger partial charge in [-0.2, -0.15) is 0 Å². The second-order valence-electron chi connectivity index (χ2n) is 5.73. The van der Waals surface area contributed by atoms with Crippen LogP contribution in [0, 0.1) is 12.3 Å². The standard InChI is InChI=1S/C22H22N2O4/c1-5-16-7-6-8-18(13-16)24(15-21(25)23-2)22(26)12-10-17-9-11-19(27-3)14-20(17)28-4/h1,6-14H,15H2,2-4H3,(H,23,25)/b12-10+. The van der Waals surface area contributed by atoms with Gasteiger partial charge in [-0.1, -0.05) is 12.0 Å². The number of hydrogen-bond donors (Lipinski definition) is 1. The van der Waals surface area contributed by atoms with Crippen LogP contribution in [0.1, 0.15) is 11.1 Å². The first-order chi connectivity index (χ1) is 13.5. The van der Waals surface area contributed by atoms with Crippen molar-refractivity contribution in [2.75, 3.05) is 32.7 Å². The number of amides is 2. The van der Waals surface area contributed by atoms with Gasteiger partial charge in [-0.05, 0) is 36.4 Å². The van der Waals surface area contributed by atoms with Gasteiger partial charge in [0.2, 0.25) is 5.91 Å². The van der Waals surface area contributed by atoms with Gasteiger partial charge < -0.3 is 14.8 Å². The molecule has 144 valence electrons. The number of carbonyl (C=O) groups is 2. The van der Waals surface area contributed by atoms with Crippen molar-refractivity contribution in [3.8, 4) is 23.8 Å². The Morgan fingerprint density at radius 1 is 1.18 bits per heavy atom. The van der Waals surface area contributed by atoms with Crippen molar-refractivity contribution >= 4 is 23.6 Å². The Morgan fingerprint density at radius 3 is 2.61 bits per heavy atom. The highest BCUT2D eigenvalue weighted by atomic mass is 16.5. The molecule has 0 heterocycles. The van der Waals surface area contributed by atoms with Crippen LogP contribution in [-0.4, -0.2) is 39.6 Å². The van der Waals surface area contributed by atoms with Crippen LogP contribution in [0.5, 0.6) is 11.5 Å². The topological polar surface area (TPSA) is 67.9 Å². The number of terminal acetylenes is 1. The maximum absolute atomic E-state index is 12.8. The van der Waals surface area contributed by atoms with E-state index in [9.17, 15) is 9.59 Å². The maximum atomic E-state index is 12.8. The number of methoxy groups -OCH3 is 2. The molecule has 0 saturated heterocycles. The summed E-state index contributed by atoms with van der Waals surface area (Å²) in [5.41, 5.74) is 1.86. The van der Waals surface area contributed by atoms with Gasteiger partial charge in [0, 0.05) is 36.0 Å². The van der Waals surface area contributed by atoms with Crippen molar-refractivity contribution in [3.63, 3.8) is 0 Å². The SMILES string of the molecule is C#Cc1cccc(N(CC(=O)NC)C(=O)/C=C/c2ccc(OC)cc2OC)c1. The summed E-state index contributed by atoms with van der Waals surface area (Å²) < 4.78 is 10.5. The molecular formula is C22H22N2O4. The van der Waals surface area contributed by atoms with Crippen LogP contribution in [0.3, 0.4) is 0 Å². The Morgan fingerprint density at radius 2 is 1.96 bits per heavy atom. The molecule has 0 bridgehead atoms. The minimum atomic E-state index is -0.365. The number of ether oxygens (including phenoxy) is 2. The van der Waals surface area contributed by atoms with Crippen LogP contribution in [0.15, 0.2) is 48.5 Å². The molecule has 0 aliphatic rings. The Hall–Kier alpha value is -3.72. The predicted molar refractivity (Wildman–Crippen MR) is 109 cm³/mol. The summed E-state index contributed by atoms with van der Waals surface area (Å²) in [7, 11) is 4.62. The molecule has 0 fully saturated rings. The molecule has 0 saturated carbocycles. The highest BCUT2D eigenvalue weighted by molar-refractivity contribution is 6.07. The number of hydrogen-bond acceptors (Lipinski definition) is 4. The van der Waals surface area contributed by atoms with E-state index in [4.69, 9.17) is 15.9 Å². The van der Waals surface area contributed by atoms with Crippen LogP contribution >= 0.6 is 0 Å². The first-order valence-electron chi connectivity index (χ1n) is 8.51. The average molecular weight is 378 g/mol. The zero-order valence-corrected chi connectivity index (χ0v) is 16.1. The van der Waals surface area contributed by atoms with E-state index in [1.807, 2.05) is 0 Å². The minimum absolute atomic E-state index is 0.132. The van der Waals surface area contributed by atoms with Gasteiger partial charge in [0.1, 0.15) is 18.0 Å². The van der Waals surface area contributed by atoms with Gasteiger partial charge in [-0.3, -0.25) is 14.5 Å². The lowest BCUT2D eigenvalue weighted by atomic mass is 10.1. The molecule has 6 heteroatoms. The summed E-state index contributed by atoms with van der Waals surface area (Å²) >= 11 is 0. The molecule has 0 atom stereocenters. The van der Waals surface area contributed by atoms with Crippen molar-refractivity contribution < 1.29 is 19.1 Å². The van der Waals surface area contributed by atoms with E-state index >= 15 is 0 Å². The van der Waals surface area contributed by atoms with E-state index in [2.05, 4.69) is 11.2 Å². The van der Waals surface area contributed by atoms with Crippen molar-refractivity contribution in [2.45, 2.75) is 0 Å². The first kappa shape index (κ1) is 20.6. The van der Waals surface area contributed by atoms with Gasteiger partial charge in [0.15, 0.2) is 0 Å². The van der Waals surface area contributed by atoms with Gasteiger partial charge in [0.25, 0.3) is 5.91 Å². The van der Waals surface area contributed by atoms with Crippen molar-refractivity contribution in [1.29, 1.82) is 0 Å². The van der Waals surface area contributed by atoms with Crippen LogP contribution in [-0.2, 0) is 9.59 Å².